The third-order valence-corrected chi connectivity index (χ3v) is 6.12. The summed E-state index contributed by atoms with van der Waals surface area (Å²) in [6.07, 6.45) is 0.923. The van der Waals surface area contributed by atoms with E-state index in [1.807, 2.05) is 29.8 Å². The molecule has 0 atom stereocenters. The Morgan fingerprint density at radius 3 is 2.47 bits per heavy atom. The van der Waals surface area contributed by atoms with E-state index in [2.05, 4.69) is 30.0 Å². The van der Waals surface area contributed by atoms with Crippen molar-refractivity contribution in [2.24, 2.45) is 0 Å². The van der Waals surface area contributed by atoms with Crippen LogP contribution in [0.15, 0.2) is 36.4 Å². The second-order valence-corrected chi connectivity index (χ2v) is 8.27. The van der Waals surface area contributed by atoms with Crippen LogP contribution in [0.3, 0.4) is 0 Å². The maximum atomic E-state index is 12.4. The number of amides is 2. The molecule has 3 aromatic rings. The van der Waals surface area contributed by atoms with Crippen molar-refractivity contribution in [3.05, 3.63) is 69.0 Å². The lowest BCUT2D eigenvalue weighted by molar-refractivity contribution is 0.214. The molecule has 0 bridgehead atoms. The fourth-order valence-electron chi connectivity index (χ4n) is 3.76. The van der Waals surface area contributed by atoms with E-state index in [-0.39, 0.29) is 12.6 Å². The summed E-state index contributed by atoms with van der Waals surface area (Å²) in [5, 5.41) is 8.27. The Labute approximate surface area is 196 Å². The van der Waals surface area contributed by atoms with Gasteiger partial charge < -0.3 is 4.74 Å². The van der Waals surface area contributed by atoms with Gasteiger partial charge in [-0.3, -0.25) is 0 Å². The van der Waals surface area contributed by atoms with E-state index in [9.17, 15) is 4.79 Å². The normalized spacial score (nSPS) is 13.9. The zero-order valence-electron chi connectivity index (χ0n) is 18.2. The molecule has 0 spiro atoms. The maximum Gasteiger partial charge on any atom is 0.355 e. The van der Waals surface area contributed by atoms with Crippen LogP contribution in [0.25, 0.3) is 5.69 Å². The number of hydrazine groups is 3. The molecule has 8 nitrogen and oxygen atoms in total. The molecule has 1 aliphatic rings. The average molecular weight is 475 g/mol. The van der Waals surface area contributed by atoms with Crippen LogP contribution in [0.2, 0.25) is 10.0 Å². The fraction of sp³-hybridized carbons (Fsp3) is 0.273. The van der Waals surface area contributed by atoms with Crippen LogP contribution in [0.5, 0.6) is 5.75 Å². The second-order valence-electron chi connectivity index (χ2n) is 7.46. The Morgan fingerprint density at radius 1 is 1.06 bits per heavy atom. The molecule has 1 fully saturated rings. The fourth-order valence-corrected chi connectivity index (χ4v) is 4.21. The molecular weight excluding hydrogens is 451 g/mol. The smallest absolute Gasteiger partial charge is 0.355 e. The van der Waals surface area contributed by atoms with E-state index in [0.717, 1.165) is 23.5 Å². The van der Waals surface area contributed by atoms with Gasteiger partial charge in [-0.1, -0.05) is 36.2 Å². The molecule has 1 saturated heterocycles. The topological polar surface area (TPSA) is 74.7 Å². The Hall–Kier alpha value is -2.78. The Morgan fingerprint density at radius 2 is 1.84 bits per heavy atom. The highest BCUT2D eigenvalue weighted by Crippen LogP contribution is 2.32. The number of nitrogens with zero attached hydrogens (tertiary/aromatic N) is 4. The summed E-state index contributed by atoms with van der Waals surface area (Å²) in [7, 11) is 1.61. The third-order valence-electron chi connectivity index (χ3n) is 5.47. The summed E-state index contributed by atoms with van der Waals surface area (Å²) >= 11 is 13.0. The number of rotatable bonds is 6. The van der Waals surface area contributed by atoms with Gasteiger partial charge >= 0.3 is 6.03 Å². The van der Waals surface area contributed by atoms with Gasteiger partial charge in [-0.25, -0.2) is 19.5 Å². The first kappa shape index (κ1) is 22.4. The lowest BCUT2D eigenvalue weighted by Gasteiger charge is -2.19. The predicted molar refractivity (Wildman–Crippen MR) is 125 cm³/mol. The number of halogens is 2. The molecule has 2 N–H and O–H groups in total. The Bertz CT molecular complexity index is 1180. The van der Waals surface area contributed by atoms with Crippen molar-refractivity contribution in [1.82, 2.24) is 25.9 Å². The Kier molecular flexibility index (Phi) is 6.30. The highest BCUT2D eigenvalue weighted by molar-refractivity contribution is 6.32. The van der Waals surface area contributed by atoms with Crippen LogP contribution < -0.4 is 20.8 Å². The predicted octanol–water partition coefficient (Wildman–Crippen LogP) is 4.73. The molecule has 10 heteroatoms. The number of carbonyl (C=O) groups excluding carboxylic acids is 1. The molecular formula is C22H24Cl2N6O2. The molecule has 2 aromatic carbocycles. The number of hydrogen-bond acceptors (Lipinski definition) is 5. The van der Waals surface area contributed by atoms with Gasteiger partial charge in [-0.15, -0.1) is 11.1 Å². The molecule has 1 aliphatic heterocycles. The summed E-state index contributed by atoms with van der Waals surface area (Å²) in [5.41, 5.74) is 11.0. The average Bonchev–Trinajstić information content (AvgIpc) is 3.25. The van der Waals surface area contributed by atoms with Crippen molar-refractivity contribution in [3.63, 3.8) is 0 Å². The molecule has 0 radical (unpaired) electrons. The van der Waals surface area contributed by atoms with Crippen molar-refractivity contribution in [2.75, 3.05) is 12.1 Å². The number of aromatic nitrogens is 2. The van der Waals surface area contributed by atoms with Crippen molar-refractivity contribution in [3.8, 4) is 11.4 Å². The number of aryl methyl sites for hydroxylation is 1. The summed E-state index contributed by atoms with van der Waals surface area (Å²) in [4.78, 5) is 12.4. The maximum absolute atomic E-state index is 12.4. The molecule has 0 aliphatic carbocycles. The Balaban J connectivity index is 1.57. The molecule has 2 heterocycles. The van der Waals surface area contributed by atoms with Gasteiger partial charge in [0.15, 0.2) is 0 Å². The van der Waals surface area contributed by atoms with Crippen LogP contribution in [0.4, 0.5) is 10.5 Å². The number of urea groups is 1. The van der Waals surface area contributed by atoms with Gasteiger partial charge in [0.25, 0.3) is 0 Å². The standard InChI is InChI=1S/C22H24Cl2N6O2/c1-5-16-13(2)25-29(14(16)3)15-9-10-21(19(24)11-15)32-12-17-18(23)7-6-8-20(17)30-22(31)28(4)26-27-30/h6-11,26-27H,5,12H2,1-4H3. The van der Waals surface area contributed by atoms with Crippen molar-refractivity contribution >= 4 is 34.9 Å². The molecule has 1 aromatic heterocycles. The van der Waals surface area contributed by atoms with E-state index in [4.69, 9.17) is 27.9 Å². The van der Waals surface area contributed by atoms with Crippen molar-refractivity contribution in [2.45, 2.75) is 33.8 Å². The minimum Gasteiger partial charge on any atom is -0.487 e. The van der Waals surface area contributed by atoms with E-state index in [0.29, 0.717) is 27.0 Å². The van der Waals surface area contributed by atoms with Crippen LogP contribution in [-0.4, -0.2) is 27.9 Å². The van der Waals surface area contributed by atoms with Crippen LogP contribution in [0, 0.1) is 13.8 Å². The first-order valence-corrected chi connectivity index (χ1v) is 10.9. The van der Waals surface area contributed by atoms with Gasteiger partial charge in [-0.2, -0.15) is 5.10 Å². The highest BCUT2D eigenvalue weighted by Gasteiger charge is 2.29. The highest BCUT2D eigenvalue weighted by atomic mass is 35.5. The van der Waals surface area contributed by atoms with Crippen LogP contribution >= 0.6 is 23.2 Å². The van der Waals surface area contributed by atoms with E-state index >= 15 is 0 Å². The van der Waals surface area contributed by atoms with Gasteiger partial charge in [0.2, 0.25) is 0 Å². The summed E-state index contributed by atoms with van der Waals surface area (Å²) < 4.78 is 7.88. The van der Waals surface area contributed by atoms with Gasteiger partial charge in [-0.05, 0) is 56.2 Å². The molecule has 2 amide bonds. The number of benzene rings is 2. The van der Waals surface area contributed by atoms with Crippen LogP contribution in [-0.2, 0) is 13.0 Å². The lowest BCUT2D eigenvalue weighted by Crippen LogP contribution is -2.38. The molecule has 0 unspecified atom stereocenters. The second kappa shape index (κ2) is 8.99. The van der Waals surface area contributed by atoms with Crippen molar-refractivity contribution < 1.29 is 9.53 Å². The molecule has 32 heavy (non-hydrogen) atoms. The third kappa shape index (κ3) is 4.02. The zero-order chi connectivity index (χ0) is 23.0. The number of anilines is 1. The first-order valence-electron chi connectivity index (χ1n) is 10.2. The lowest BCUT2D eigenvalue weighted by atomic mass is 10.1. The quantitative estimate of drug-likeness (QED) is 0.539. The molecule has 168 valence electrons. The molecule has 0 saturated carbocycles. The van der Waals surface area contributed by atoms with Crippen LogP contribution in [0.1, 0.15) is 29.4 Å². The monoisotopic (exact) mass is 474 g/mol. The number of hydrogen-bond donors (Lipinski definition) is 2. The summed E-state index contributed by atoms with van der Waals surface area (Å²) in [6.45, 7) is 6.31. The summed E-state index contributed by atoms with van der Waals surface area (Å²) in [5.74, 6) is 0.509. The molecule has 4 rings (SSSR count). The SMILES string of the molecule is CCc1c(C)nn(-c2ccc(OCc3c(Cl)cccc3N3NNN(C)C3=O)c(Cl)c2)c1C. The minimum atomic E-state index is -0.271. The van der Waals surface area contributed by atoms with Crippen molar-refractivity contribution in [1.29, 1.82) is 0 Å². The summed E-state index contributed by atoms with van der Waals surface area (Å²) in [6, 6.07) is 10.6. The number of ether oxygens (including phenoxy) is 1. The van der Waals surface area contributed by atoms with E-state index in [1.54, 1.807) is 25.2 Å². The van der Waals surface area contributed by atoms with E-state index < -0.39 is 0 Å². The van der Waals surface area contributed by atoms with E-state index in [1.165, 1.54) is 15.6 Å². The number of carbonyl (C=O) groups is 1. The number of nitrogens with one attached hydrogen (secondary N) is 2. The first-order chi connectivity index (χ1) is 15.3. The largest absolute Gasteiger partial charge is 0.487 e. The zero-order valence-corrected chi connectivity index (χ0v) is 19.8. The van der Waals surface area contributed by atoms with Gasteiger partial charge in [0.05, 0.1) is 22.1 Å². The minimum absolute atomic E-state index is 0.128. The van der Waals surface area contributed by atoms with Gasteiger partial charge in [0, 0.05) is 23.3 Å². The van der Waals surface area contributed by atoms with Gasteiger partial charge in [0.1, 0.15) is 12.4 Å².